The summed E-state index contributed by atoms with van der Waals surface area (Å²) in [4.78, 5) is 11.3. The first-order valence-corrected chi connectivity index (χ1v) is 5.47. The number of hydrogen-bond donors (Lipinski definition) is 1. The van der Waals surface area contributed by atoms with Crippen LogP contribution in [0.15, 0.2) is 0 Å². The molecule has 0 aromatic carbocycles. The Hall–Kier alpha value is -0.280. The summed E-state index contributed by atoms with van der Waals surface area (Å²) < 4.78 is 0. The van der Waals surface area contributed by atoms with Crippen molar-refractivity contribution < 1.29 is 4.79 Å². The van der Waals surface area contributed by atoms with Crippen LogP contribution in [0.2, 0.25) is 0 Å². The fraction of sp³-hybridized carbons (Fsp3) is 0.889. The van der Waals surface area contributed by atoms with Crippen molar-refractivity contribution in [3.05, 3.63) is 0 Å². The molecule has 1 rings (SSSR count). The second-order valence-electron chi connectivity index (χ2n) is 3.38. The van der Waals surface area contributed by atoms with Crippen molar-refractivity contribution in [2.24, 2.45) is 0 Å². The number of hydrazine groups is 1. The summed E-state index contributed by atoms with van der Waals surface area (Å²) in [5.41, 5.74) is 2.89. The summed E-state index contributed by atoms with van der Waals surface area (Å²) in [5, 5.41) is 2.01. The van der Waals surface area contributed by atoms with E-state index in [0.29, 0.717) is 12.3 Å². The molecule has 1 saturated heterocycles. The zero-order chi connectivity index (χ0) is 9.52. The van der Waals surface area contributed by atoms with Crippen molar-refractivity contribution in [1.29, 1.82) is 0 Å². The summed E-state index contributed by atoms with van der Waals surface area (Å²) in [6.45, 7) is 1.99. The highest BCUT2D eigenvalue weighted by molar-refractivity contribution is 6.17. The van der Waals surface area contributed by atoms with Gasteiger partial charge in [0.25, 0.3) is 0 Å². The molecule has 0 aromatic rings. The van der Waals surface area contributed by atoms with Crippen molar-refractivity contribution in [1.82, 2.24) is 10.4 Å². The van der Waals surface area contributed by atoms with Crippen LogP contribution in [0.3, 0.4) is 0 Å². The minimum absolute atomic E-state index is 0.0996. The molecule has 1 aliphatic rings. The van der Waals surface area contributed by atoms with Gasteiger partial charge in [0.1, 0.15) is 0 Å². The molecule has 0 spiro atoms. The van der Waals surface area contributed by atoms with E-state index in [0.717, 1.165) is 19.5 Å². The molecule has 0 unspecified atom stereocenters. The fourth-order valence-corrected chi connectivity index (χ4v) is 1.60. The number of nitrogens with one attached hydrogen (secondary N) is 1. The van der Waals surface area contributed by atoms with E-state index in [1.807, 2.05) is 5.01 Å². The second kappa shape index (κ2) is 6.22. The summed E-state index contributed by atoms with van der Waals surface area (Å²) >= 11 is 5.49. The van der Waals surface area contributed by atoms with Crippen LogP contribution >= 0.6 is 11.6 Å². The van der Waals surface area contributed by atoms with E-state index in [1.54, 1.807) is 0 Å². The number of hydrogen-bond acceptors (Lipinski definition) is 2. The molecule has 13 heavy (non-hydrogen) atoms. The SMILES string of the molecule is O=C(CCCCl)NN1CCCCC1. The average molecular weight is 205 g/mol. The molecule has 0 bridgehead atoms. The van der Waals surface area contributed by atoms with Gasteiger partial charge in [0.15, 0.2) is 0 Å². The second-order valence-corrected chi connectivity index (χ2v) is 3.75. The van der Waals surface area contributed by atoms with Gasteiger partial charge in [0.2, 0.25) is 5.91 Å². The minimum atomic E-state index is 0.0996. The van der Waals surface area contributed by atoms with Crippen molar-refractivity contribution in [2.75, 3.05) is 19.0 Å². The summed E-state index contributed by atoms with van der Waals surface area (Å²) in [5.74, 6) is 0.663. The third-order valence-corrected chi connectivity index (χ3v) is 2.44. The van der Waals surface area contributed by atoms with E-state index in [2.05, 4.69) is 5.43 Å². The molecular weight excluding hydrogens is 188 g/mol. The van der Waals surface area contributed by atoms with Crippen LogP contribution in [0.4, 0.5) is 0 Å². The van der Waals surface area contributed by atoms with Crippen LogP contribution in [-0.4, -0.2) is 29.9 Å². The number of carbonyl (C=O) groups is 1. The van der Waals surface area contributed by atoms with Crippen LogP contribution in [0, 0.1) is 0 Å². The Morgan fingerprint density at radius 2 is 2.00 bits per heavy atom. The number of piperidine rings is 1. The lowest BCUT2D eigenvalue weighted by molar-refractivity contribution is -0.126. The average Bonchev–Trinajstić information content (AvgIpc) is 2.16. The van der Waals surface area contributed by atoms with E-state index in [9.17, 15) is 4.79 Å². The number of halogens is 1. The predicted molar refractivity (Wildman–Crippen MR) is 53.5 cm³/mol. The molecular formula is C9H17ClN2O. The molecule has 0 atom stereocenters. The lowest BCUT2D eigenvalue weighted by Gasteiger charge is -2.26. The van der Waals surface area contributed by atoms with Crippen molar-refractivity contribution >= 4 is 17.5 Å². The maximum absolute atomic E-state index is 11.3. The van der Waals surface area contributed by atoms with E-state index in [4.69, 9.17) is 11.6 Å². The zero-order valence-corrected chi connectivity index (χ0v) is 8.65. The fourth-order valence-electron chi connectivity index (χ4n) is 1.47. The number of carbonyl (C=O) groups excluding carboxylic acids is 1. The highest BCUT2D eigenvalue weighted by Crippen LogP contribution is 2.06. The Kier molecular flexibility index (Phi) is 5.16. The maximum atomic E-state index is 11.3. The molecule has 76 valence electrons. The van der Waals surface area contributed by atoms with Crippen LogP contribution in [0.1, 0.15) is 32.1 Å². The van der Waals surface area contributed by atoms with Crippen LogP contribution < -0.4 is 5.43 Å². The largest absolute Gasteiger partial charge is 0.289 e. The van der Waals surface area contributed by atoms with Crippen molar-refractivity contribution in [3.8, 4) is 0 Å². The quantitative estimate of drug-likeness (QED) is 0.705. The Labute approximate surface area is 84.4 Å². The highest BCUT2D eigenvalue weighted by atomic mass is 35.5. The summed E-state index contributed by atoms with van der Waals surface area (Å²) in [6.07, 6.45) is 4.97. The zero-order valence-electron chi connectivity index (χ0n) is 7.89. The maximum Gasteiger partial charge on any atom is 0.234 e. The summed E-state index contributed by atoms with van der Waals surface area (Å²) in [6, 6.07) is 0. The van der Waals surface area contributed by atoms with Gasteiger partial charge in [-0.05, 0) is 19.3 Å². The lowest BCUT2D eigenvalue weighted by Crippen LogP contribution is -2.44. The van der Waals surface area contributed by atoms with Gasteiger partial charge in [-0.3, -0.25) is 10.2 Å². The monoisotopic (exact) mass is 204 g/mol. The van der Waals surface area contributed by atoms with Crippen LogP contribution in [0.25, 0.3) is 0 Å². The Balaban J connectivity index is 2.11. The Bertz CT molecular complexity index is 158. The highest BCUT2D eigenvalue weighted by Gasteiger charge is 2.11. The standard InChI is InChI=1S/C9H17ClN2O/c10-6-4-5-9(13)11-12-7-2-1-3-8-12/h1-8H2,(H,11,13). The topological polar surface area (TPSA) is 32.3 Å². The number of nitrogens with zero attached hydrogens (tertiary/aromatic N) is 1. The Morgan fingerprint density at radius 1 is 1.31 bits per heavy atom. The molecule has 0 radical (unpaired) electrons. The van der Waals surface area contributed by atoms with E-state index < -0.39 is 0 Å². The van der Waals surface area contributed by atoms with Gasteiger partial charge >= 0.3 is 0 Å². The molecule has 1 fully saturated rings. The first-order chi connectivity index (χ1) is 6.33. The number of amides is 1. The third kappa shape index (κ3) is 4.48. The molecule has 0 aromatic heterocycles. The summed E-state index contributed by atoms with van der Waals surface area (Å²) in [7, 11) is 0. The van der Waals surface area contributed by atoms with E-state index in [-0.39, 0.29) is 5.91 Å². The van der Waals surface area contributed by atoms with Gasteiger partial charge in [-0.2, -0.15) is 0 Å². The molecule has 1 amide bonds. The first kappa shape index (κ1) is 10.8. The first-order valence-electron chi connectivity index (χ1n) is 4.93. The minimum Gasteiger partial charge on any atom is -0.289 e. The molecule has 0 saturated carbocycles. The van der Waals surface area contributed by atoms with Crippen molar-refractivity contribution in [3.63, 3.8) is 0 Å². The normalized spacial score (nSPS) is 18.5. The van der Waals surface area contributed by atoms with Gasteiger partial charge in [-0.1, -0.05) is 6.42 Å². The van der Waals surface area contributed by atoms with Gasteiger partial charge in [0, 0.05) is 25.4 Å². The molecule has 3 nitrogen and oxygen atoms in total. The molecule has 1 N–H and O–H groups in total. The Morgan fingerprint density at radius 3 is 2.62 bits per heavy atom. The van der Waals surface area contributed by atoms with E-state index in [1.165, 1.54) is 19.3 Å². The van der Waals surface area contributed by atoms with E-state index >= 15 is 0 Å². The number of rotatable bonds is 4. The van der Waals surface area contributed by atoms with Crippen LogP contribution in [0.5, 0.6) is 0 Å². The molecule has 1 heterocycles. The van der Waals surface area contributed by atoms with Gasteiger partial charge < -0.3 is 0 Å². The van der Waals surface area contributed by atoms with Crippen LogP contribution in [-0.2, 0) is 4.79 Å². The smallest absolute Gasteiger partial charge is 0.234 e. The van der Waals surface area contributed by atoms with Crippen molar-refractivity contribution in [2.45, 2.75) is 32.1 Å². The van der Waals surface area contributed by atoms with Gasteiger partial charge in [-0.15, -0.1) is 11.6 Å². The molecule has 1 aliphatic heterocycles. The molecule has 4 heteroatoms. The lowest BCUT2D eigenvalue weighted by atomic mass is 10.2. The van der Waals surface area contributed by atoms with Gasteiger partial charge in [0.05, 0.1) is 0 Å². The molecule has 0 aliphatic carbocycles. The number of alkyl halides is 1. The van der Waals surface area contributed by atoms with Gasteiger partial charge in [-0.25, -0.2) is 5.01 Å². The predicted octanol–water partition coefficient (Wildman–Crippen LogP) is 1.52. The third-order valence-electron chi connectivity index (χ3n) is 2.18.